The van der Waals surface area contributed by atoms with Crippen molar-refractivity contribution in [1.82, 2.24) is 0 Å². The first-order valence-corrected chi connectivity index (χ1v) is 10.6. The Balaban J connectivity index is 2.01. The second-order valence-corrected chi connectivity index (χ2v) is 9.30. The minimum atomic E-state index is -1.04. The Bertz CT molecular complexity index is 1270. The van der Waals surface area contributed by atoms with Gasteiger partial charge in [0.15, 0.2) is 5.78 Å². The van der Waals surface area contributed by atoms with E-state index in [1.807, 2.05) is 13.8 Å². The molecule has 33 heavy (non-hydrogen) atoms. The number of halogens is 2. The third-order valence-corrected chi connectivity index (χ3v) is 6.32. The smallest absolute Gasteiger partial charge is 0.269 e. The fourth-order valence-electron chi connectivity index (χ4n) is 4.60. The van der Waals surface area contributed by atoms with Crippen molar-refractivity contribution in [2.24, 2.45) is 11.1 Å². The van der Waals surface area contributed by atoms with Gasteiger partial charge >= 0.3 is 0 Å². The first kappa shape index (κ1) is 22.5. The first-order chi connectivity index (χ1) is 15.6. The molecule has 0 fully saturated rings. The van der Waals surface area contributed by atoms with Gasteiger partial charge in [-0.15, -0.1) is 0 Å². The van der Waals surface area contributed by atoms with E-state index in [9.17, 15) is 24.6 Å². The molecule has 9 heteroatoms. The topological polar surface area (TPSA) is 113 Å². The number of allylic oxidation sites excluding steroid dienone is 3. The number of rotatable bonds is 3. The fourth-order valence-corrected chi connectivity index (χ4v) is 4.87. The summed E-state index contributed by atoms with van der Waals surface area (Å²) < 4.78 is 15.0. The van der Waals surface area contributed by atoms with Crippen molar-refractivity contribution in [2.45, 2.75) is 32.6 Å². The minimum absolute atomic E-state index is 0.00726. The third-order valence-electron chi connectivity index (χ3n) is 5.99. The van der Waals surface area contributed by atoms with Crippen molar-refractivity contribution in [1.29, 1.82) is 5.26 Å². The average Bonchev–Trinajstić information content (AvgIpc) is 2.72. The van der Waals surface area contributed by atoms with Crippen molar-refractivity contribution >= 4 is 28.8 Å². The molecule has 0 bridgehead atoms. The summed E-state index contributed by atoms with van der Waals surface area (Å²) in [6.45, 7) is 3.88. The highest BCUT2D eigenvalue weighted by molar-refractivity contribution is 6.31. The normalized spacial score (nSPS) is 19.9. The summed E-state index contributed by atoms with van der Waals surface area (Å²) in [6.07, 6.45) is 0.633. The van der Waals surface area contributed by atoms with E-state index in [4.69, 9.17) is 17.3 Å². The Hall–Kier alpha value is -3.70. The largest absolute Gasteiger partial charge is 0.384 e. The molecule has 1 atom stereocenters. The number of nitro groups is 1. The molecule has 0 saturated carbocycles. The van der Waals surface area contributed by atoms with E-state index < -0.39 is 22.1 Å². The summed E-state index contributed by atoms with van der Waals surface area (Å²) in [5.41, 5.74) is 7.23. The number of ketones is 1. The molecule has 1 heterocycles. The Kier molecular flexibility index (Phi) is 5.46. The van der Waals surface area contributed by atoms with Crippen LogP contribution in [0.5, 0.6) is 0 Å². The van der Waals surface area contributed by atoms with Crippen LogP contribution in [0.25, 0.3) is 0 Å². The Morgan fingerprint density at radius 2 is 1.91 bits per heavy atom. The monoisotopic (exact) mass is 466 g/mol. The number of Topliss-reactive ketones (excluding diaryl/α,β-unsaturated/α-hetero) is 1. The van der Waals surface area contributed by atoms with Crippen molar-refractivity contribution in [2.75, 3.05) is 4.90 Å². The van der Waals surface area contributed by atoms with E-state index in [1.165, 1.54) is 42.5 Å². The van der Waals surface area contributed by atoms with E-state index in [0.717, 1.165) is 0 Å². The summed E-state index contributed by atoms with van der Waals surface area (Å²) >= 11 is 6.34. The summed E-state index contributed by atoms with van der Waals surface area (Å²) in [7, 11) is 0. The number of nitrogens with zero attached hydrogens (tertiary/aromatic N) is 3. The Morgan fingerprint density at radius 1 is 1.24 bits per heavy atom. The van der Waals surface area contributed by atoms with E-state index >= 15 is 0 Å². The van der Waals surface area contributed by atoms with Gasteiger partial charge in [-0.3, -0.25) is 19.8 Å². The molecule has 7 nitrogen and oxygen atoms in total. The summed E-state index contributed by atoms with van der Waals surface area (Å²) in [5.74, 6) is -1.88. The first-order valence-electron chi connectivity index (χ1n) is 10.2. The number of benzene rings is 2. The van der Waals surface area contributed by atoms with Gasteiger partial charge in [-0.2, -0.15) is 5.26 Å². The molecule has 1 aliphatic carbocycles. The van der Waals surface area contributed by atoms with Crippen molar-refractivity contribution in [3.8, 4) is 6.07 Å². The number of non-ortho nitro benzene ring substituents is 1. The number of nitriles is 1. The number of nitrogens with two attached hydrogens (primary N) is 1. The lowest BCUT2D eigenvalue weighted by Gasteiger charge is -2.43. The predicted molar refractivity (Wildman–Crippen MR) is 122 cm³/mol. The number of hydrogen-bond acceptors (Lipinski definition) is 6. The van der Waals surface area contributed by atoms with E-state index in [0.29, 0.717) is 17.8 Å². The maximum atomic E-state index is 15.0. The third kappa shape index (κ3) is 3.74. The lowest BCUT2D eigenvalue weighted by atomic mass is 9.68. The van der Waals surface area contributed by atoms with Crippen molar-refractivity contribution in [3.63, 3.8) is 0 Å². The van der Waals surface area contributed by atoms with Gasteiger partial charge in [0.1, 0.15) is 11.6 Å². The van der Waals surface area contributed by atoms with Gasteiger partial charge in [-0.1, -0.05) is 31.5 Å². The summed E-state index contributed by atoms with van der Waals surface area (Å²) in [6, 6.07) is 11.9. The molecule has 0 radical (unpaired) electrons. The Morgan fingerprint density at radius 3 is 2.48 bits per heavy atom. The van der Waals surface area contributed by atoms with Gasteiger partial charge < -0.3 is 5.73 Å². The van der Waals surface area contributed by atoms with Crippen LogP contribution in [0.4, 0.5) is 15.8 Å². The van der Waals surface area contributed by atoms with Crippen LogP contribution in [0.2, 0.25) is 5.02 Å². The van der Waals surface area contributed by atoms with Crippen LogP contribution in [0, 0.1) is 32.7 Å². The van der Waals surface area contributed by atoms with Gasteiger partial charge in [0.2, 0.25) is 0 Å². The molecule has 4 rings (SSSR count). The van der Waals surface area contributed by atoms with Crippen LogP contribution in [0.15, 0.2) is 65.1 Å². The zero-order valence-corrected chi connectivity index (χ0v) is 18.7. The number of carbonyl (C=O) groups excluding carboxylic acids is 1. The highest BCUT2D eigenvalue weighted by Gasteiger charge is 2.45. The summed E-state index contributed by atoms with van der Waals surface area (Å²) in [5, 5.41) is 21.2. The van der Waals surface area contributed by atoms with E-state index in [-0.39, 0.29) is 45.4 Å². The molecule has 0 amide bonds. The van der Waals surface area contributed by atoms with Gasteiger partial charge in [-0.25, -0.2) is 4.39 Å². The molecule has 0 spiro atoms. The second kappa shape index (κ2) is 8.01. The lowest BCUT2D eigenvalue weighted by Crippen LogP contribution is -2.42. The van der Waals surface area contributed by atoms with Crippen LogP contribution in [-0.4, -0.2) is 10.7 Å². The van der Waals surface area contributed by atoms with E-state index in [1.54, 1.807) is 4.90 Å². The molecule has 2 aromatic carbocycles. The number of nitro benzene ring substituents is 1. The molecule has 1 aliphatic heterocycles. The standard InChI is InChI=1S/C24H20ClFN4O3/c1-24(2)10-18-22(19(31)11-24)20(21-16(25)4-3-5-17(21)26)15(12-27)23(28)29(18)13-6-8-14(9-7-13)30(32)33/h3-9,20H,10-11,28H2,1-2H3/t20-/m1/s1. The van der Waals surface area contributed by atoms with Crippen LogP contribution in [0.3, 0.4) is 0 Å². The molecule has 168 valence electrons. The molecule has 0 saturated heterocycles. The van der Waals surface area contributed by atoms with Crippen LogP contribution in [0.1, 0.15) is 38.2 Å². The minimum Gasteiger partial charge on any atom is -0.384 e. The molecular formula is C24H20ClFN4O3. The molecule has 2 N–H and O–H groups in total. The summed E-state index contributed by atoms with van der Waals surface area (Å²) in [4.78, 5) is 25.6. The molecule has 2 aliphatic rings. The van der Waals surface area contributed by atoms with Crippen molar-refractivity contribution < 1.29 is 14.1 Å². The van der Waals surface area contributed by atoms with Gasteiger partial charge in [-0.05, 0) is 36.1 Å². The highest BCUT2D eigenvalue weighted by atomic mass is 35.5. The molecule has 0 aromatic heterocycles. The Labute approximate surface area is 194 Å². The van der Waals surface area contributed by atoms with Crippen LogP contribution >= 0.6 is 11.6 Å². The molecule has 2 aromatic rings. The SMILES string of the molecule is CC1(C)CC(=O)C2=C(C1)N(c1ccc([N+](=O)[O-])cc1)C(N)=C(C#N)[C@@H]2c1c(F)cccc1Cl. The zero-order valence-electron chi connectivity index (χ0n) is 17.9. The maximum absolute atomic E-state index is 15.0. The van der Waals surface area contributed by atoms with Gasteiger partial charge in [0.25, 0.3) is 5.69 Å². The molecule has 0 unspecified atom stereocenters. The number of hydrogen-bond donors (Lipinski definition) is 1. The predicted octanol–water partition coefficient (Wildman–Crippen LogP) is 5.33. The lowest BCUT2D eigenvalue weighted by molar-refractivity contribution is -0.384. The van der Waals surface area contributed by atoms with E-state index in [2.05, 4.69) is 6.07 Å². The number of carbonyl (C=O) groups is 1. The van der Waals surface area contributed by atoms with Crippen molar-refractivity contribution in [3.05, 3.63) is 91.6 Å². The van der Waals surface area contributed by atoms with Gasteiger partial charge in [0, 0.05) is 46.1 Å². The fraction of sp³-hybridized carbons (Fsp3) is 0.250. The highest BCUT2D eigenvalue weighted by Crippen LogP contribution is 2.51. The maximum Gasteiger partial charge on any atom is 0.269 e. The zero-order chi connectivity index (χ0) is 24.1. The number of anilines is 1. The second-order valence-electron chi connectivity index (χ2n) is 8.89. The van der Waals surface area contributed by atoms with Crippen LogP contribution < -0.4 is 10.6 Å². The quantitative estimate of drug-likeness (QED) is 0.483. The molecular weight excluding hydrogens is 447 g/mol. The van der Waals surface area contributed by atoms with Gasteiger partial charge in [0.05, 0.1) is 22.5 Å². The van der Waals surface area contributed by atoms with Crippen LogP contribution in [-0.2, 0) is 4.79 Å². The average molecular weight is 467 g/mol.